The van der Waals surface area contributed by atoms with Crippen LogP contribution in [0.2, 0.25) is 0 Å². The van der Waals surface area contributed by atoms with Crippen molar-refractivity contribution >= 4 is 11.3 Å². The zero-order valence-corrected chi connectivity index (χ0v) is 11.3. The van der Waals surface area contributed by atoms with Crippen molar-refractivity contribution in [1.29, 1.82) is 0 Å². The number of nitrogens with zero attached hydrogens (tertiary/aromatic N) is 1. The van der Waals surface area contributed by atoms with Crippen molar-refractivity contribution in [1.82, 2.24) is 4.90 Å². The Hall–Kier alpha value is -0.420. The minimum atomic E-state index is 0.377. The highest BCUT2D eigenvalue weighted by Gasteiger charge is 2.21. The van der Waals surface area contributed by atoms with Gasteiger partial charge in [-0.05, 0) is 25.0 Å². The molecule has 1 saturated heterocycles. The normalized spacial score (nSPS) is 20.1. The summed E-state index contributed by atoms with van der Waals surface area (Å²) in [5, 5.41) is 0. The minimum Gasteiger partial charge on any atom is -0.380 e. The van der Waals surface area contributed by atoms with Crippen LogP contribution in [0.1, 0.15) is 29.1 Å². The van der Waals surface area contributed by atoms with Crippen LogP contribution in [0, 0.1) is 0 Å². The van der Waals surface area contributed by atoms with Gasteiger partial charge in [0.2, 0.25) is 0 Å². The van der Waals surface area contributed by atoms with Gasteiger partial charge < -0.3 is 10.5 Å². The fourth-order valence-electron chi connectivity index (χ4n) is 2.29. The summed E-state index contributed by atoms with van der Waals surface area (Å²) in [6.07, 6.45) is 2.23. The molecule has 2 N–H and O–H groups in total. The summed E-state index contributed by atoms with van der Waals surface area (Å²) < 4.78 is 5.50. The molecule has 1 aliphatic heterocycles. The van der Waals surface area contributed by atoms with Crippen molar-refractivity contribution in [3.8, 4) is 0 Å². The van der Waals surface area contributed by atoms with Crippen LogP contribution < -0.4 is 5.73 Å². The molecule has 1 fully saturated rings. The Morgan fingerprint density at radius 2 is 2.29 bits per heavy atom. The predicted molar refractivity (Wildman–Crippen MR) is 72.5 cm³/mol. The quantitative estimate of drug-likeness (QED) is 0.893. The van der Waals surface area contributed by atoms with E-state index in [-0.39, 0.29) is 0 Å². The molecule has 0 spiro atoms. The number of aryl methyl sites for hydroxylation is 1. The van der Waals surface area contributed by atoms with Gasteiger partial charge in [-0.15, -0.1) is 11.3 Å². The Kier molecular flexibility index (Phi) is 4.98. The number of ether oxygens (including phenoxy) is 1. The van der Waals surface area contributed by atoms with E-state index in [4.69, 9.17) is 10.5 Å². The molecule has 1 atom stereocenters. The number of thiophene rings is 1. The summed E-state index contributed by atoms with van der Waals surface area (Å²) in [5.41, 5.74) is 5.96. The van der Waals surface area contributed by atoms with Crippen LogP contribution in [-0.2, 0) is 11.2 Å². The van der Waals surface area contributed by atoms with Crippen LogP contribution in [-0.4, -0.2) is 37.7 Å². The average molecular weight is 254 g/mol. The number of hydrogen-bond donors (Lipinski definition) is 1. The fourth-order valence-corrected chi connectivity index (χ4v) is 3.39. The third kappa shape index (κ3) is 3.28. The van der Waals surface area contributed by atoms with Gasteiger partial charge in [0.1, 0.15) is 0 Å². The second-order valence-electron chi connectivity index (χ2n) is 4.41. The molecule has 4 heteroatoms. The maximum atomic E-state index is 5.96. The Morgan fingerprint density at radius 3 is 3.00 bits per heavy atom. The summed E-state index contributed by atoms with van der Waals surface area (Å²) in [6.45, 7) is 6.72. The Morgan fingerprint density at radius 1 is 1.41 bits per heavy atom. The van der Waals surface area contributed by atoms with Gasteiger partial charge in [-0.25, -0.2) is 0 Å². The topological polar surface area (TPSA) is 38.5 Å². The smallest absolute Gasteiger partial charge is 0.0593 e. The van der Waals surface area contributed by atoms with Crippen molar-refractivity contribution in [3.63, 3.8) is 0 Å². The Labute approximate surface area is 108 Å². The molecule has 3 nitrogen and oxygen atoms in total. The third-order valence-electron chi connectivity index (χ3n) is 3.28. The van der Waals surface area contributed by atoms with E-state index in [2.05, 4.69) is 24.0 Å². The van der Waals surface area contributed by atoms with Gasteiger partial charge in [0.25, 0.3) is 0 Å². The van der Waals surface area contributed by atoms with Gasteiger partial charge >= 0.3 is 0 Å². The zero-order valence-electron chi connectivity index (χ0n) is 10.5. The molecular formula is C13H22N2OS. The van der Waals surface area contributed by atoms with E-state index in [0.29, 0.717) is 12.6 Å². The van der Waals surface area contributed by atoms with Crippen LogP contribution in [0.25, 0.3) is 0 Å². The SMILES string of the molecule is CCc1ccc(C(CN)N2CCCOCC2)s1. The fraction of sp³-hybridized carbons (Fsp3) is 0.692. The summed E-state index contributed by atoms with van der Waals surface area (Å²) >= 11 is 1.90. The number of rotatable bonds is 4. The van der Waals surface area contributed by atoms with Gasteiger partial charge in [-0.1, -0.05) is 6.92 Å². The molecule has 0 amide bonds. The van der Waals surface area contributed by atoms with Crippen molar-refractivity contribution in [2.45, 2.75) is 25.8 Å². The summed E-state index contributed by atoms with van der Waals surface area (Å²) in [5.74, 6) is 0. The van der Waals surface area contributed by atoms with Crippen LogP contribution in [0.4, 0.5) is 0 Å². The molecule has 1 aromatic rings. The van der Waals surface area contributed by atoms with Crippen molar-refractivity contribution in [2.75, 3.05) is 32.8 Å². The largest absolute Gasteiger partial charge is 0.380 e. The zero-order chi connectivity index (χ0) is 12.1. The van der Waals surface area contributed by atoms with E-state index in [9.17, 15) is 0 Å². The molecule has 0 saturated carbocycles. The minimum absolute atomic E-state index is 0.377. The van der Waals surface area contributed by atoms with Crippen LogP contribution in [0.15, 0.2) is 12.1 Å². The van der Waals surface area contributed by atoms with Gasteiger partial charge in [0, 0.05) is 36.0 Å². The summed E-state index contributed by atoms with van der Waals surface area (Å²) in [7, 11) is 0. The molecule has 1 aromatic heterocycles. The standard InChI is InChI=1S/C13H22N2OS/c1-2-11-4-5-13(17-11)12(10-14)15-6-3-8-16-9-7-15/h4-5,12H,2-3,6-10,14H2,1H3. The van der Waals surface area contributed by atoms with Crippen molar-refractivity contribution in [2.24, 2.45) is 5.73 Å². The molecule has 2 rings (SSSR count). The van der Waals surface area contributed by atoms with Crippen LogP contribution in [0.5, 0.6) is 0 Å². The van der Waals surface area contributed by atoms with Crippen LogP contribution in [0.3, 0.4) is 0 Å². The van der Waals surface area contributed by atoms with E-state index < -0.39 is 0 Å². The summed E-state index contributed by atoms with van der Waals surface area (Å²) in [6, 6.07) is 4.85. The van der Waals surface area contributed by atoms with E-state index >= 15 is 0 Å². The first-order valence-electron chi connectivity index (χ1n) is 6.45. The molecule has 1 unspecified atom stereocenters. The molecule has 0 bridgehead atoms. The number of hydrogen-bond acceptors (Lipinski definition) is 4. The first-order valence-corrected chi connectivity index (χ1v) is 7.27. The molecule has 0 radical (unpaired) electrons. The van der Waals surface area contributed by atoms with Crippen molar-refractivity contribution < 1.29 is 4.74 Å². The van der Waals surface area contributed by atoms with E-state index in [1.165, 1.54) is 9.75 Å². The first-order chi connectivity index (χ1) is 8.35. The lowest BCUT2D eigenvalue weighted by Crippen LogP contribution is -2.35. The number of nitrogens with two attached hydrogens (primary N) is 1. The summed E-state index contributed by atoms with van der Waals surface area (Å²) in [4.78, 5) is 5.33. The molecule has 96 valence electrons. The maximum absolute atomic E-state index is 5.96. The Balaban J connectivity index is 2.08. The lowest BCUT2D eigenvalue weighted by molar-refractivity contribution is 0.133. The van der Waals surface area contributed by atoms with E-state index in [0.717, 1.165) is 39.1 Å². The average Bonchev–Trinajstić information content (AvgIpc) is 2.66. The third-order valence-corrected chi connectivity index (χ3v) is 4.61. The molecule has 0 aliphatic carbocycles. The molecular weight excluding hydrogens is 232 g/mol. The highest BCUT2D eigenvalue weighted by Crippen LogP contribution is 2.28. The second-order valence-corrected chi connectivity index (χ2v) is 5.61. The molecule has 1 aliphatic rings. The van der Waals surface area contributed by atoms with Crippen molar-refractivity contribution in [3.05, 3.63) is 21.9 Å². The van der Waals surface area contributed by atoms with Gasteiger partial charge in [0.15, 0.2) is 0 Å². The highest BCUT2D eigenvalue weighted by molar-refractivity contribution is 7.12. The van der Waals surface area contributed by atoms with Gasteiger partial charge in [-0.2, -0.15) is 0 Å². The van der Waals surface area contributed by atoms with Crippen LogP contribution >= 0.6 is 11.3 Å². The Bertz CT molecular complexity index is 332. The molecule has 2 heterocycles. The lowest BCUT2D eigenvalue weighted by Gasteiger charge is -2.28. The molecule has 17 heavy (non-hydrogen) atoms. The van der Waals surface area contributed by atoms with E-state index in [1.54, 1.807) is 0 Å². The lowest BCUT2D eigenvalue weighted by atomic mass is 10.2. The highest BCUT2D eigenvalue weighted by atomic mass is 32.1. The van der Waals surface area contributed by atoms with Gasteiger partial charge in [0.05, 0.1) is 12.6 Å². The van der Waals surface area contributed by atoms with Gasteiger partial charge in [-0.3, -0.25) is 4.90 Å². The monoisotopic (exact) mass is 254 g/mol. The van der Waals surface area contributed by atoms with E-state index in [1.807, 2.05) is 11.3 Å². The maximum Gasteiger partial charge on any atom is 0.0593 e. The second kappa shape index (κ2) is 6.50. The molecule has 0 aromatic carbocycles. The first kappa shape index (κ1) is 13.0. The predicted octanol–water partition coefficient (Wildman–Crippen LogP) is 2.03.